The SMILES string of the molecule is CC[C@@H](C)NC(=O)[C@H](Cc1ccccc1)N(Cc1ccc(Cl)cc1Cl)C(=O)CCN1C(=O)[C@H]2CC=CC[C@H]2C1=O. The lowest BCUT2D eigenvalue weighted by atomic mass is 9.85. The molecule has 2 aliphatic rings. The number of rotatable bonds is 11. The lowest BCUT2D eigenvalue weighted by molar-refractivity contribution is -0.144. The Balaban J connectivity index is 1.61. The van der Waals surface area contributed by atoms with Gasteiger partial charge in [0.1, 0.15) is 6.04 Å². The van der Waals surface area contributed by atoms with Crippen LogP contribution >= 0.6 is 23.2 Å². The molecule has 40 heavy (non-hydrogen) atoms. The van der Waals surface area contributed by atoms with E-state index in [0.717, 1.165) is 12.0 Å². The number of amides is 4. The van der Waals surface area contributed by atoms with E-state index < -0.39 is 6.04 Å². The van der Waals surface area contributed by atoms with Gasteiger partial charge in [0.2, 0.25) is 23.6 Å². The number of fused-ring (bicyclic) bond motifs is 1. The van der Waals surface area contributed by atoms with Crippen LogP contribution in [0.4, 0.5) is 0 Å². The highest BCUT2D eigenvalue weighted by Gasteiger charge is 2.47. The van der Waals surface area contributed by atoms with Crippen molar-refractivity contribution >= 4 is 46.8 Å². The molecule has 0 aromatic heterocycles. The molecule has 2 aromatic carbocycles. The maximum absolute atomic E-state index is 13.9. The molecule has 4 rings (SSSR count). The fraction of sp³-hybridized carbons (Fsp3) is 0.419. The molecule has 4 amide bonds. The summed E-state index contributed by atoms with van der Waals surface area (Å²) in [6.45, 7) is 3.93. The Hall–Kier alpha value is -3.16. The van der Waals surface area contributed by atoms with Crippen molar-refractivity contribution in [3.8, 4) is 0 Å². The summed E-state index contributed by atoms with van der Waals surface area (Å²) in [5, 5.41) is 3.87. The van der Waals surface area contributed by atoms with E-state index >= 15 is 0 Å². The molecule has 0 saturated carbocycles. The number of imide groups is 1. The molecule has 9 heteroatoms. The van der Waals surface area contributed by atoms with Crippen molar-refractivity contribution in [3.63, 3.8) is 0 Å². The molecule has 1 aliphatic carbocycles. The van der Waals surface area contributed by atoms with Crippen molar-refractivity contribution in [1.29, 1.82) is 0 Å². The molecular formula is C31H35Cl2N3O4. The van der Waals surface area contributed by atoms with E-state index in [1.54, 1.807) is 18.2 Å². The van der Waals surface area contributed by atoms with E-state index in [1.807, 2.05) is 56.3 Å². The summed E-state index contributed by atoms with van der Waals surface area (Å²) in [5.41, 5.74) is 1.53. The summed E-state index contributed by atoms with van der Waals surface area (Å²) >= 11 is 12.6. The number of nitrogens with zero attached hydrogens (tertiary/aromatic N) is 2. The summed E-state index contributed by atoms with van der Waals surface area (Å²) in [5.74, 6) is -1.79. The molecule has 0 spiro atoms. The number of likely N-dealkylation sites (tertiary alicyclic amines) is 1. The van der Waals surface area contributed by atoms with Crippen molar-refractivity contribution in [2.24, 2.45) is 11.8 Å². The van der Waals surface area contributed by atoms with Gasteiger partial charge in [0.05, 0.1) is 11.8 Å². The number of hydrogen-bond acceptors (Lipinski definition) is 4. The number of halogens is 2. The van der Waals surface area contributed by atoms with Gasteiger partial charge in [-0.05, 0) is 49.4 Å². The summed E-state index contributed by atoms with van der Waals surface area (Å²) < 4.78 is 0. The second-order valence-corrected chi connectivity index (χ2v) is 11.4. The van der Waals surface area contributed by atoms with Gasteiger partial charge in [0.15, 0.2) is 0 Å². The van der Waals surface area contributed by atoms with Crippen LogP contribution in [0.5, 0.6) is 0 Å². The third-order valence-corrected chi connectivity index (χ3v) is 8.36. The molecule has 212 valence electrons. The molecular weight excluding hydrogens is 549 g/mol. The first-order chi connectivity index (χ1) is 19.2. The van der Waals surface area contributed by atoms with E-state index in [0.29, 0.717) is 28.5 Å². The van der Waals surface area contributed by atoms with E-state index in [-0.39, 0.29) is 67.4 Å². The minimum Gasteiger partial charge on any atom is -0.352 e. The molecule has 1 heterocycles. The van der Waals surface area contributed by atoms with Crippen molar-refractivity contribution in [2.75, 3.05) is 6.54 Å². The number of benzene rings is 2. The average Bonchev–Trinajstić information content (AvgIpc) is 3.19. The first kappa shape index (κ1) is 29.8. The van der Waals surface area contributed by atoms with Gasteiger partial charge >= 0.3 is 0 Å². The Kier molecular flexibility index (Phi) is 10.0. The van der Waals surface area contributed by atoms with Crippen LogP contribution in [0.2, 0.25) is 10.0 Å². The van der Waals surface area contributed by atoms with Crippen molar-refractivity contribution in [1.82, 2.24) is 15.1 Å². The zero-order chi connectivity index (χ0) is 28.8. The van der Waals surface area contributed by atoms with Crippen molar-refractivity contribution < 1.29 is 19.2 Å². The second-order valence-electron chi connectivity index (χ2n) is 10.5. The standard InChI is InChI=1S/C31H35Cl2N3O4/c1-3-20(2)34-29(38)27(17-21-9-5-4-6-10-21)36(19-22-13-14-23(32)18-26(22)33)28(37)15-16-35-30(39)24-11-7-8-12-25(24)31(35)40/h4-10,13-14,18,20,24-25,27H,3,11-12,15-17,19H2,1-2H3,(H,34,38)/t20-,24-,25+,27+/m1/s1. The number of carbonyl (C=O) groups excluding carboxylic acids is 4. The minimum atomic E-state index is -0.840. The molecule has 1 N–H and O–H groups in total. The van der Waals surface area contributed by atoms with Crippen LogP contribution in [0.1, 0.15) is 50.7 Å². The molecule has 0 bridgehead atoms. The molecule has 0 radical (unpaired) electrons. The van der Waals surface area contributed by atoms with Gasteiger partial charge in [-0.1, -0.05) is 78.7 Å². The maximum atomic E-state index is 13.9. The lowest BCUT2D eigenvalue weighted by Gasteiger charge is -2.33. The first-order valence-corrected chi connectivity index (χ1v) is 14.5. The second kappa shape index (κ2) is 13.5. The Morgan fingerprint density at radius 3 is 2.27 bits per heavy atom. The largest absolute Gasteiger partial charge is 0.352 e. The fourth-order valence-electron chi connectivity index (χ4n) is 5.27. The van der Waals surface area contributed by atoms with Crippen LogP contribution in [-0.4, -0.2) is 52.1 Å². The van der Waals surface area contributed by atoms with Crippen LogP contribution in [0.3, 0.4) is 0 Å². The van der Waals surface area contributed by atoms with Crippen LogP contribution < -0.4 is 5.32 Å². The molecule has 4 atom stereocenters. The van der Waals surface area contributed by atoms with Gasteiger partial charge in [-0.2, -0.15) is 0 Å². The molecule has 0 unspecified atom stereocenters. The van der Waals surface area contributed by atoms with Gasteiger partial charge < -0.3 is 10.2 Å². The monoisotopic (exact) mass is 583 g/mol. The molecule has 1 aliphatic heterocycles. The third kappa shape index (κ3) is 6.94. The lowest BCUT2D eigenvalue weighted by Crippen LogP contribution is -2.52. The third-order valence-electron chi connectivity index (χ3n) is 7.78. The van der Waals surface area contributed by atoms with Gasteiger partial charge in [0, 0.05) is 42.0 Å². The highest BCUT2D eigenvalue weighted by atomic mass is 35.5. The van der Waals surface area contributed by atoms with E-state index in [2.05, 4.69) is 5.32 Å². The zero-order valence-corrected chi connectivity index (χ0v) is 24.3. The Labute approximate surface area is 245 Å². The molecule has 1 saturated heterocycles. The topological polar surface area (TPSA) is 86.8 Å². The highest BCUT2D eigenvalue weighted by Crippen LogP contribution is 2.35. The van der Waals surface area contributed by atoms with Crippen LogP contribution in [0.15, 0.2) is 60.7 Å². The summed E-state index contributed by atoms with van der Waals surface area (Å²) in [6, 6.07) is 13.6. The van der Waals surface area contributed by atoms with Crippen LogP contribution in [0.25, 0.3) is 0 Å². The highest BCUT2D eigenvalue weighted by molar-refractivity contribution is 6.35. The molecule has 1 fully saturated rings. The molecule has 2 aromatic rings. The van der Waals surface area contributed by atoms with Gasteiger partial charge in [-0.3, -0.25) is 24.1 Å². The summed E-state index contributed by atoms with van der Waals surface area (Å²) in [6.07, 6.45) is 5.86. The fourth-order valence-corrected chi connectivity index (χ4v) is 5.74. The predicted molar refractivity (Wildman–Crippen MR) is 156 cm³/mol. The summed E-state index contributed by atoms with van der Waals surface area (Å²) in [4.78, 5) is 56.3. The summed E-state index contributed by atoms with van der Waals surface area (Å²) in [7, 11) is 0. The Bertz CT molecular complexity index is 1260. The Morgan fingerprint density at radius 2 is 1.68 bits per heavy atom. The quantitative estimate of drug-likeness (QED) is 0.291. The Morgan fingerprint density at radius 1 is 1.02 bits per heavy atom. The minimum absolute atomic E-state index is 0.0284. The molecule has 7 nitrogen and oxygen atoms in total. The number of nitrogens with one attached hydrogen (secondary N) is 1. The maximum Gasteiger partial charge on any atom is 0.243 e. The van der Waals surface area contributed by atoms with Gasteiger partial charge in [-0.25, -0.2) is 0 Å². The van der Waals surface area contributed by atoms with Crippen LogP contribution in [-0.2, 0) is 32.1 Å². The van der Waals surface area contributed by atoms with E-state index in [9.17, 15) is 19.2 Å². The first-order valence-electron chi connectivity index (χ1n) is 13.8. The average molecular weight is 585 g/mol. The smallest absolute Gasteiger partial charge is 0.243 e. The van der Waals surface area contributed by atoms with E-state index in [1.165, 1.54) is 9.80 Å². The van der Waals surface area contributed by atoms with Gasteiger partial charge in [0.25, 0.3) is 0 Å². The van der Waals surface area contributed by atoms with Crippen molar-refractivity contribution in [2.45, 2.75) is 64.6 Å². The number of allylic oxidation sites excluding steroid dienone is 2. The van der Waals surface area contributed by atoms with Crippen molar-refractivity contribution in [3.05, 3.63) is 81.9 Å². The zero-order valence-electron chi connectivity index (χ0n) is 22.8. The van der Waals surface area contributed by atoms with Gasteiger partial charge in [-0.15, -0.1) is 0 Å². The number of hydrogen-bond donors (Lipinski definition) is 1. The van der Waals surface area contributed by atoms with Crippen LogP contribution in [0, 0.1) is 11.8 Å². The van der Waals surface area contributed by atoms with E-state index in [4.69, 9.17) is 23.2 Å². The number of carbonyl (C=O) groups is 4. The predicted octanol–water partition coefficient (Wildman–Crippen LogP) is 5.19. The normalized spacial score (nSPS) is 19.8.